The van der Waals surface area contributed by atoms with Gasteiger partial charge in [-0.05, 0) is 37.5 Å². The minimum atomic E-state index is -0.753. The molecule has 1 saturated carbocycles. The molecule has 0 bridgehead atoms. The maximum absolute atomic E-state index is 10.7. The largest absolute Gasteiger partial charge is 0.490 e. The predicted molar refractivity (Wildman–Crippen MR) is 65.5 cm³/mol. The molecule has 0 aliphatic heterocycles. The standard InChI is InChI=1S/C13H15ClO3/c14-10-4-2-5-11(8-10)17-12-6-1-3-9(12)7-13(15)16/h2,4-5,8-9,12H,1,3,6-7H2,(H,15,16). The van der Waals surface area contributed by atoms with E-state index in [0.29, 0.717) is 5.02 Å². The van der Waals surface area contributed by atoms with Gasteiger partial charge in [-0.2, -0.15) is 0 Å². The van der Waals surface area contributed by atoms with E-state index in [1.54, 1.807) is 12.1 Å². The summed E-state index contributed by atoms with van der Waals surface area (Å²) in [5.41, 5.74) is 0. The molecule has 92 valence electrons. The van der Waals surface area contributed by atoms with E-state index in [0.717, 1.165) is 25.0 Å². The van der Waals surface area contributed by atoms with Crippen molar-refractivity contribution in [3.63, 3.8) is 0 Å². The molecule has 2 unspecified atom stereocenters. The first-order valence-electron chi connectivity index (χ1n) is 5.79. The van der Waals surface area contributed by atoms with Crippen LogP contribution in [-0.2, 0) is 4.79 Å². The second kappa shape index (κ2) is 5.41. The maximum atomic E-state index is 10.7. The monoisotopic (exact) mass is 254 g/mol. The number of hydrogen-bond donors (Lipinski definition) is 1. The number of carbonyl (C=O) groups is 1. The van der Waals surface area contributed by atoms with Crippen LogP contribution in [0.25, 0.3) is 0 Å². The van der Waals surface area contributed by atoms with Gasteiger partial charge in [0.1, 0.15) is 11.9 Å². The number of benzene rings is 1. The van der Waals surface area contributed by atoms with E-state index in [4.69, 9.17) is 21.4 Å². The number of carboxylic acids is 1. The van der Waals surface area contributed by atoms with Crippen LogP contribution in [0.1, 0.15) is 25.7 Å². The average Bonchev–Trinajstić information content (AvgIpc) is 2.65. The minimum absolute atomic E-state index is 0.00423. The Morgan fingerprint density at radius 1 is 1.47 bits per heavy atom. The first-order chi connectivity index (χ1) is 8.15. The minimum Gasteiger partial charge on any atom is -0.490 e. The Bertz CT molecular complexity index is 405. The number of ether oxygens (including phenoxy) is 1. The second-order valence-corrected chi connectivity index (χ2v) is 4.84. The van der Waals surface area contributed by atoms with Crippen molar-refractivity contribution in [3.05, 3.63) is 29.3 Å². The van der Waals surface area contributed by atoms with Gasteiger partial charge in [0.2, 0.25) is 0 Å². The number of hydrogen-bond acceptors (Lipinski definition) is 2. The molecule has 0 heterocycles. The summed E-state index contributed by atoms with van der Waals surface area (Å²) in [5, 5.41) is 9.46. The number of carboxylic acid groups (broad SMARTS) is 1. The molecule has 0 saturated heterocycles. The van der Waals surface area contributed by atoms with E-state index >= 15 is 0 Å². The van der Waals surface area contributed by atoms with Crippen LogP contribution in [0, 0.1) is 5.92 Å². The fraction of sp³-hybridized carbons (Fsp3) is 0.462. The fourth-order valence-electron chi connectivity index (χ4n) is 2.33. The predicted octanol–water partition coefficient (Wildman–Crippen LogP) is 3.36. The van der Waals surface area contributed by atoms with Crippen molar-refractivity contribution in [1.29, 1.82) is 0 Å². The van der Waals surface area contributed by atoms with Gasteiger partial charge < -0.3 is 9.84 Å². The molecule has 0 aromatic heterocycles. The van der Waals surface area contributed by atoms with Gasteiger partial charge in [0.15, 0.2) is 0 Å². The fourth-order valence-corrected chi connectivity index (χ4v) is 2.51. The topological polar surface area (TPSA) is 46.5 Å². The summed E-state index contributed by atoms with van der Waals surface area (Å²) >= 11 is 5.88. The first-order valence-corrected chi connectivity index (χ1v) is 6.17. The lowest BCUT2D eigenvalue weighted by Crippen LogP contribution is -2.23. The van der Waals surface area contributed by atoms with E-state index in [1.807, 2.05) is 12.1 Å². The van der Waals surface area contributed by atoms with E-state index in [2.05, 4.69) is 0 Å². The normalized spacial score (nSPS) is 23.6. The summed E-state index contributed by atoms with van der Waals surface area (Å²) in [4.78, 5) is 10.7. The van der Waals surface area contributed by atoms with Crippen LogP contribution in [0.15, 0.2) is 24.3 Å². The molecule has 0 amide bonds. The number of halogens is 1. The van der Waals surface area contributed by atoms with Crippen molar-refractivity contribution in [1.82, 2.24) is 0 Å². The van der Waals surface area contributed by atoms with Gasteiger partial charge in [-0.25, -0.2) is 0 Å². The van der Waals surface area contributed by atoms with E-state index < -0.39 is 5.97 Å². The smallest absolute Gasteiger partial charge is 0.303 e. The average molecular weight is 255 g/mol. The van der Waals surface area contributed by atoms with Crippen molar-refractivity contribution in [2.24, 2.45) is 5.92 Å². The molecule has 3 nitrogen and oxygen atoms in total. The number of aliphatic carboxylic acids is 1. The Balaban J connectivity index is 2.00. The molecule has 4 heteroatoms. The molecule has 0 spiro atoms. The van der Waals surface area contributed by atoms with Crippen LogP contribution < -0.4 is 4.74 Å². The summed E-state index contributed by atoms with van der Waals surface area (Å²) in [6.45, 7) is 0. The number of rotatable bonds is 4. The van der Waals surface area contributed by atoms with Crippen LogP contribution in [0.3, 0.4) is 0 Å². The van der Waals surface area contributed by atoms with Crippen molar-refractivity contribution in [3.8, 4) is 5.75 Å². The van der Waals surface area contributed by atoms with Crippen LogP contribution in [-0.4, -0.2) is 17.2 Å². The molecule has 1 aromatic carbocycles. The van der Waals surface area contributed by atoms with Crippen LogP contribution in [0.4, 0.5) is 0 Å². The molecule has 1 aromatic rings. The van der Waals surface area contributed by atoms with E-state index in [9.17, 15) is 4.79 Å². The summed E-state index contributed by atoms with van der Waals surface area (Å²) in [7, 11) is 0. The zero-order valence-corrected chi connectivity index (χ0v) is 10.2. The summed E-state index contributed by atoms with van der Waals surface area (Å²) in [6.07, 6.45) is 3.07. The van der Waals surface area contributed by atoms with Crippen molar-refractivity contribution in [2.75, 3.05) is 0 Å². The highest BCUT2D eigenvalue weighted by Gasteiger charge is 2.30. The molecule has 1 aliphatic carbocycles. The highest BCUT2D eigenvalue weighted by atomic mass is 35.5. The Kier molecular flexibility index (Phi) is 3.89. The molecular formula is C13H15ClO3. The quantitative estimate of drug-likeness (QED) is 0.896. The Hall–Kier alpha value is -1.22. The Labute approximate surface area is 105 Å². The van der Waals surface area contributed by atoms with Crippen LogP contribution in [0.2, 0.25) is 5.02 Å². The van der Waals surface area contributed by atoms with Crippen molar-refractivity contribution in [2.45, 2.75) is 31.8 Å². The lowest BCUT2D eigenvalue weighted by molar-refractivity contribution is -0.138. The molecule has 17 heavy (non-hydrogen) atoms. The summed E-state index contributed by atoms with van der Waals surface area (Å²) in [5.74, 6) is 0.0860. The molecule has 2 atom stereocenters. The van der Waals surface area contributed by atoms with Gasteiger partial charge in [-0.1, -0.05) is 17.7 Å². The van der Waals surface area contributed by atoms with E-state index in [-0.39, 0.29) is 18.4 Å². The van der Waals surface area contributed by atoms with Gasteiger partial charge in [0.05, 0.1) is 6.42 Å². The third-order valence-electron chi connectivity index (χ3n) is 3.11. The van der Waals surface area contributed by atoms with Gasteiger partial charge >= 0.3 is 5.97 Å². The van der Waals surface area contributed by atoms with Crippen molar-refractivity contribution < 1.29 is 14.6 Å². The molecule has 1 aliphatic rings. The van der Waals surface area contributed by atoms with Crippen LogP contribution in [0.5, 0.6) is 5.75 Å². The molecule has 2 rings (SSSR count). The Morgan fingerprint density at radius 2 is 2.29 bits per heavy atom. The van der Waals surface area contributed by atoms with Gasteiger partial charge in [0, 0.05) is 10.9 Å². The first kappa shape index (κ1) is 12.2. The van der Waals surface area contributed by atoms with Gasteiger partial charge in [-0.3, -0.25) is 4.79 Å². The van der Waals surface area contributed by atoms with Crippen molar-refractivity contribution >= 4 is 17.6 Å². The maximum Gasteiger partial charge on any atom is 0.303 e. The highest BCUT2D eigenvalue weighted by Crippen LogP contribution is 2.32. The highest BCUT2D eigenvalue weighted by molar-refractivity contribution is 6.30. The SMILES string of the molecule is O=C(O)CC1CCCC1Oc1cccc(Cl)c1. The molecule has 0 radical (unpaired) electrons. The third-order valence-corrected chi connectivity index (χ3v) is 3.34. The lowest BCUT2D eigenvalue weighted by atomic mass is 10.0. The summed E-state index contributed by atoms with van der Waals surface area (Å²) in [6, 6.07) is 7.23. The van der Waals surface area contributed by atoms with E-state index in [1.165, 1.54) is 0 Å². The second-order valence-electron chi connectivity index (χ2n) is 4.40. The van der Waals surface area contributed by atoms with Crippen LogP contribution >= 0.6 is 11.6 Å². The zero-order chi connectivity index (χ0) is 12.3. The Morgan fingerprint density at radius 3 is 3.00 bits per heavy atom. The third kappa shape index (κ3) is 3.37. The molecule has 1 N–H and O–H groups in total. The van der Waals surface area contributed by atoms with Gasteiger partial charge in [0.25, 0.3) is 0 Å². The zero-order valence-electron chi connectivity index (χ0n) is 9.43. The summed E-state index contributed by atoms with van der Waals surface area (Å²) < 4.78 is 5.82. The molecular weight excluding hydrogens is 240 g/mol. The molecule has 1 fully saturated rings. The van der Waals surface area contributed by atoms with Gasteiger partial charge in [-0.15, -0.1) is 0 Å². The lowest BCUT2D eigenvalue weighted by Gasteiger charge is -2.20.